The Morgan fingerprint density at radius 1 is 1.47 bits per heavy atom. The van der Waals surface area contributed by atoms with Gasteiger partial charge in [0.05, 0.1) is 6.54 Å². The SMILES string of the molecule is CCCc1nccn1C(C)CNCC(F)(F)F. The van der Waals surface area contributed by atoms with E-state index in [2.05, 4.69) is 10.3 Å². The highest BCUT2D eigenvalue weighted by atomic mass is 19.4. The minimum atomic E-state index is -4.15. The van der Waals surface area contributed by atoms with E-state index in [4.69, 9.17) is 0 Å². The van der Waals surface area contributed by atoms with E-state index >= 15 is 0 Å². The van der Waals surface area contributed by atoms with Gasteiger partial charge >= 0.3 is 6.18 Å². The summed E-state index contributed by atoms with van der Waals surface area (Å²) in [6.45, 7) is 3.26. The number of alkyl halides is 3. The Hall–Kier alpha value is -1.04. The lowest BCUT2D eigenvalue weighted by Crippen LogP contribution is -2.33. The Morgan fingerprint density at radius 2 is 2.18 bits per heavy atom. The summed E-state index contributed by atoms with van der Waals surface area (Å²) in [5.74, 6) is 0.925. The van der Waals surface area contributed by atoms with Crippen LogP contribution in [0.25, 0.3) is 0 Å². The molecule has 0 aliphatic heterocycles. The lowest BCUT2D eigenvalue weighted by Gasteiger charge is -2.17. The molecule has 0 saturated carbocycles. The summed E-state index contributed by atoms with van der Waals surface area (Å²) in [5.41, 5.74) is 0. The van der Waals surface area contributed by atoms with Gasteiger partial charge in [0.1, 0.15) is 5.82 Å². The number of aromatic nitrogens is 2. The molecule has 1 rings (SSSR count). The first-order valence-electron chi connectivity index (χ1n) is 5.73. The summed E-state index contributed by atoms with van der Waals surface area (Å²) < 4.78 is 37.8. The van der Waals surface area contributed by atoms with Gasteiger partial charge in [0, 0.05) is 31.4 Å². The number of halogens is 3. The maximum Gasteiger partial charge on any atom is 0.401 e. The Morgan fingerprint density at radius 3 is 2.76 bits per heavy atom. The molecule has 1 unspecified atom stereocenters. The zero-order chi connectivity index (χ0) is 12.9. The highest BCUT2D eigenvalue weighted by molar-refractivity contribution is 4.95. The fourth-order valence-electron chi connectivity index (χ4n) is 1.68. The van der Waals surface area contributed by atoms with Crippen LogP contribution >= 0.6 is 0 Å². The van der Waals surface area contributed by atoms with Crippen molar-refractivity contribution in [3.8, 4) is 0 Å². The molecule has 0 aliphatic carbocycles. The molecule has 3 nitrogen and oxygen atoms in total. The van der Waals surface area contributed by atoms with Gasteiger partial charge in [0.2, 0.25) is 0 Å². The van der Waals surface area contributed by atoms with E-state index in [1.807, 2.05) is 24.6 Å². The standard InChI is InChI=1S/C11H18F3N3/c1-3-4-10-16-5-6-17(10)9(2)7-15-8-11(12,13)14/h5-6,9,15H,3-4,7-8H2,1-2H3. The van der Waals surface area contributed by atoms with Crippen LogP contribution in [0.2, 0.25) is 0 Å². The lowest BCUT2D eigenvalue weighted by atomic mass is 10.2. The van der Waals surface area contributed by atoms with Crippen molar-refractivity contribution in [2.45, 2.75) is 38.9 Å². The number of hydrogen-bond acceptors (Lipinski definition) is 2. The second kappa shape index (κ2) is 6.05. The molecule has 6 heteroatoms. The molecule has 0 radical (unpaired) electrons. The van der Waals surface area contributed by atoms with E-state index in [0.29, 0.717) is 0 Å². The third-order valence-electron chi connectivity index (χ3n) is 2.46. The number of nitrogens with one attached hydrogen (secondary N) is 1. The minimum absolute atomic E-state index is 0.0265. The highest BCUT2D eigenvalue weighted by Gasteiger charge is 2.26. The van der Waals surface area contributed by atoms with E-state index < -0.39 is 12.7 Å². The van der Waals surface area contributed by atoms with Gasteiger partial charge in [0.15, 0.2) is 0 Å². The Bertz CT molecular complexity index is 333. The van der Waals surface area contributed by atoms with E-state index in [0.717, 1.165) is 18.7 Å². The van der Waals surface area contributed by atoms with Crippen LogP contribution in [-0.4, -0.2) is 28.8 Å². The van der Waals surface area contributed by atoms with E-state index in [1.54, 1.807) is 6.20 Å². The van der Waals surface area contributed by atoms with Gasteiger partial charge in [-0.15, -0.1) is 0 Å². The van der Waals surface area contributed by atoms with Gasteiger partial charge in [-0.25, -0.2) is 4.98 Å². The molecule has 0 amide bonds. The van der Waals surface area contributed by atoms with Crippen molar-refractivity contribution in [1.29, 1.82) is 0 Å². The molecule has 1 heterocycles. The number of imidazole rings is 1. The molecule has 0 spiro atoms. The molecule has 17 heavy (non-hydrogen) atoms. The molecule has 1 aromatic rings. The Balaban J connectivity index is 2.46. The molecule has 0 bridgehead atoms. The minimum Gasteiger partial charge on any atom is -0.331 e. The van der Waals surface area contributed by atoms with Crippen LogP contribution in [0, 0.1) is 0 Å². The van der Waals surface area contributed by atoms with E-state index in [1.165, 1.54) is 0 Å². The summed E-state index contributed by atoms with van der Waals surface area (Å²) in [5, 5.41) is 2.41. The first-order chi connectivity index (χ1) is 7.94. The van der Waals surface area contributed by atoms with Crippen LogP contribution in [0.3, 0.4) is 0 Å². The molecule has 98 valence electrons. The molecular formula is C11H18F3N3. The molecular weight excluding hydrogens is 231 g/mol. The Labute approximate surface area is 99.0 Å². The predicted octanol–water partition coefficient (Wildman–Crippen LogP) is 2.55. The van der Waals surface area contributed by atoms with Crippen LogP contribution in [0.1, 0.15) is 32.1 Å². The van der Waals surface area contributed by atoms with Crippen LogP contribution in [0.15, 0.2) is 12.4 Å². The topological polar surface area (TPSA) is 29.9 Å². The average molecular weight is 249 g/mol. The van der Waals surface area contributed by atoms with Gasteiger partial charge in [0.25, 0.3) is 0 Å². The fraction of sp³-hybridized carbons (Fsp3) is 0.727. The molecule has 0 fully saturated rings. The summed E-state index contributed by atoms with van der Waals surface area (Å²) in [6, 6.07) is -0.0265. The maximum absolute atomic E-state index is 12.0. The Kier molecular flexibility index (Phi) is 4.99. The zero-order valence-corrected chi connectivity index (χ0v) is 10.1. The largest absolute Gasteiger partial charge is 0.401 e. The predicted molar refractivity (Wildman–Crippen MR) is 59.9 cm³/mol. The number of hydrogen-bond donors (Lipinski definition) is 1. The zero-order valence-electron chi connectivity index (χ0n) is 10.1. The quantitative estimate of drug-likeness (QED) is 0.839. The number of nitrogens with zero attached hydrogens (tertiary/aromatic N) is 2. The number of aryl methyl sites for hydroxylation is 1. The highest BCUT2D eigenvalue weighted by Crippen LogP contribution is 2.14. The average Bonchev–Trinajstić information content (AvgIpc) is 2.64. The fourth-order valence-corrected chi connectivity index (χ4v) is 1.68. The molecule has 1 N–H and O–H groups in total. The summed E-state index contributed by atoms with van der Waals surface area (Å²) in [7, 11) is 0. The van der Waals surface area contributed by atoms with Crippen molar-refractivity contribution < 1.29 is 13.2 Å². The normalized spacial score (nSPS) is 13.9. The second-order valence-electron chi connectivity index (χ2n) is 4.10. The van der Waals surface area contributed by atoms with Crippen LogP contribution in [0.4, 0.5) is 13.2 Å². The van der Waals surface area contributed by atoms with Crippen LogP contribution in [-0.2, 0) is 6.42 Å². The van der Waals surface area contributed by atoms with Gasteiger partial charge in [-0.3, -0.25) is 0 Å². The lowest BCUT2D eigenvalue weighted by molar-refractivity contribution is -0.124. The molecule has 0 saturated heterocycles. The van der Waals surface area contributed by atoms with E-state index in [-0.39, 0.29) is 12.6 Å². The summed E-state index contributed by atoms with van der Waals surface area (Å²) in [4.78, 5) is 4.20. The van der Waals surface area contributed by atoms with Crippen LogP contribution < -0.4 is 5.32 Å². The van der Waals surface area contributed by atoms with Gasteiger partial charge < -0.3 is 9.88 Å². The summed E-state index contributed by atoms with van der Waals surface area (Å²) in [6.07, 6.45) is 1.16. The van der Waals surface area contributed by atoms with Crippen molar-refractivity contribution in [2.24, 2.45) is 0 Å². The smallest absolute Gasteiger partial charge is 0.331 e. The molecule has 1 aromatic heterocycles. The summed E-state index contributed by atoms with van der Waals surface area (Å²) >= 11 is 0. The first kappa shape index (κ1) is 14.0. The van der Waals surface area contributed by atoms with Crippen LogP contribution in [0.5, 0.6) is 0 Å². The molecule has 1 atom stereocenters. The van der Waals surface area contributed by atoms with Crippen molar-refractivity contribution in [2.75, 3.05) is 13.1 Å². The van der Waals surface area contributed by atoms with Gasteiger partial charge in [-0.05, 0) is 13.3 Å². The van der Waals surface area contributed by atoms with Gasteiger partial charge in [-0.1, -0.05) is 6.92 Å². The maximum atomic E-state index is 12.0. The monoisotopic (exact) mass is 249 g/mol. The van der Waals surface area contributed by atoms with Crippen molar-refractivity contribution >= 4 is 0 Å². The van der Waals surface area contributed by atoms with Crippen molar-refractivity contribution in [1.82, 2.24) is 14.9 Å². The third-order valence-corrected chi connectivity index (χ3v) is 2.46. The van der Waals surface area contributed by atoms with E-state index in [9.17, 15) is 13.2 Å². The van der Waals surface area contributed by atoms with Gasteiger partial charge in [-0.2, -0.15) is 13.2 Å². The van der Waals surface area contributed by atoms with Crippen molar-refractivity contribution in [3.05, 3.63) is 18.2 Å². The second-order valence-corrected chi connectivity index (χ2v) is 4.10. The number of rotatable bonds is 6. The molecule has 0 aliphatic rings. The van der Waals surface area contributed by atoms with Crippen molar-refractivity contribution in [3.63, 3.8) is 0 Å². The third kappa shape index (κ3) is 4.77. The first-order valence-corrected chi connectivity index (χ1v) is 5.73. The molecule has 0 aromatic carbocycles.